The van der Waals surface area contributed by atoms with Gasteiger partial charge in [-0.25, -0.2) is 0 Å². The first-order valence-corrected chi connectivity index (χ1v) is 4.60. The summed E-state index contributed by atoms with van der Waals surface area (Å²) in [6.45, 7) is 3.57. The van der Waals surface area contributed by atoms with Gasteiger partial charge >= 0.3 is 5.70 Å². The fourth-order valence-corrected chi connectivity index (χ4v) is 1.53. The van der Waals surface area contributed by atoms with E-state index in [4.69, 9.17) is 0 Å². The first-order chi connectivity index (χ1) is 6.84. The van der Waals surface area contributed by atoms with E-state index in [0.29, 0.717) is 6.54 Å². The van der Waals surface area contributed by atoms with Crippen LogP contribution in [0.2, 0.25) is 0 Å². The summed E-state index contributed by atoms with van der Waals surface area (Å²) < 4.78 is 0. The van der Waals surface area contributed by atoms with E-state index in [1.165, 1.54) is 18.9 Å². The lowest BCUT2D eigenvalue weighted by molar-refractivity contribution is -0.438. The maximum atomic E-state index is 10.7. The van der Waals surface area contributed by atoms with E-state index in [1.807, 2.05) is 0 Å². The van der Waals surface area contributed by atoms with Gasteiger partial charge < -0.3 is 20.4 Å². The van der Waals surface area contributed by atoms with Crippen LogP contribution in [0.4, 0.5) is 0 Å². The summed E-state index contributed by atoms with van der Waals surface area (Å²) in [4.78, 5) is 11.3. The van der Waals surface area contributed by atoms with Gasteiger partial charge in [-0.3, -0.25) is 10.1 Å². The number of nitro groups is 1. The lowest BCUT2D eigenvalue weighted by atomic mass is 10.1. The fraction of sp³-hybridized carbons (Fsp3) is 0.750. The summed E-state index contributed by atoms with van der Waals surface area (Å²) in [6.07, 6.45) is -1.52. The molecule has 0 bridgehead atoms. The van der Waals surface area contributed by atoms with Crippen LogP contribution in [0.3, 0.4) is 0 Å². The molecule has 0 amide bonds. The Labute approximate surface area is 87.1 Å². The van der Waals surface area contributed by atoms with E-state index >= 15 is 0 Å². The summed E-state index contributed by atoms with van der Waals surface area (Å²) in [5, 5.41) is 33.0. The van der Waals surface area contributed by atoms with Crippen LogP contribution in [-0.4, -0.2) is 45.5 Å². The lowest BCUT2D eigenvalue weighted by Crippen LogP contribution is -2.48. The van der Waals surface area contributed by atoms with Gasteiger partial charge in [0.25, 0.3) is 0 Å². The minimum Gasteiger partial charge on any atom is -0.378 e. The lowest BCUT2D eigenvalue weighted by Gasteiger charge is -2.31. The van der Waals surface area contributed by atoms with Gasteiger partial charge in [0.1, 0.15) is 0 Å². The molecule has 0 saturated heterocycles. The third-order valence-corrected chi connectivity index (χ3v) is 2.58. The van der Waals surface area contributed by atoms with E-state index in [-0.39, 0.29) is 5.82 Å². The van der Waals surface area contributed by atoms with Crippen molar-refractivity contribution in [3.8, 4) is 0 Å². The highest BCUT2D eigenvalue weighted by molar-refractivity contribution is 5.21. The second kappa shape index (κ2) is 3.67. The zero-order valence-corrected chi connectivity index (χ0v) is 8.89. The molecule has 86 valence electrons. The molecule has 1 heterocycles. The summed E-state index contributed by atoms with van der Waals surface area (Å²) in [5.41, 5.74) is -2.05. The first kappa shape index (κ1) is 11.7. The monoisotopic (exact) mass is 217 g/mol. The van der Waals surface area contributed by atoms with Gasteiger partial charge in [-0.05, 0) is 13.8 Å². The van der Waals surface area contributed by atoms with E-state index in [0.717, 1.165) is 0 Å². The van der Waals surface area contributed by atoms with Crippen molar-refractivity contribution in [3.05, 3.63) is 21.6 Å². The van der Waals surface area contributed by atoms with E-state index in [9.17, 15) is 20.3 Å². The molecular weight excluding hydrogens is 202 g/mol. The topological polar surface area (TPSA) is 98.9 Å². The number of hydrogen-bond acceptors (Lipinski definition) is 6. The molecule has 0 saturated carbocycles. The molecule has 7 heteroatoms. The number of aliphatic hydroxyl groups is 2. The molecule has 2 unspecified atom stereocenters. The molecule has 0 aromatic carbocycles. The average Bonchev–Trinajstić information content (AvgIpc) is 2.29. The van der Waals surface area contributed by atoms with E-state index in [1.54, 1.807) is 6.92 Å². The van der Waals surface area contributed by atoms with Gasteiger partial charge in [0.05, 0.1) is 4.92 Å². The number of hydrogen-bond donors (Lipinski definition) is 3. The van der Waals surface area contributed by atoms with E-state index < -0.39 is 22.4 Å². The van der Waals surface area contributed by atoms with Crippen LogP contribution in [0.5, 0.6) is 0 Å². The Kier molecular flexibility index (Phi) is 2.87. The Morgan fingerprint density at radius 2 is 2.27 bits per heavy atom. The fourth-order valence-electron chi connectivity index (χ4n) is 1.53. The van der Waals surface area contributed by atoms with Gasteiger partial charge in [0, 0.05) is 13.6 Å². The molecule has 0 radical (unpaired) electrons. The normalized spacial score (nSPS) is 31.0. The van der Waals surface area contributed by atoms with Gasteiger partial charge in [-0.15, -0.1) is 0 Å². The quantitative estimate of drug-likeness (QED) is 0.416. The van der Waals surface area contributed by atoms with E-state index in [2.05, 4.69) is 5.32 Å². The molecule has 7 nitrogen and oxygen atoms in total. The SMILES string of the molecule is CCNC1=C([N+](=O)[O-])C(O)C(C)(O)N1C. The molecular formula is C8H15N3O4. The summed E-state index contributed by atoms with van der Waals surface area (Å²) in [6, 6.07) is 0. The van der Waals surface area contributed by atoms with Crippen LogP contribution >= 0.6 is 0 Å². The number of nitrogens with zero attached hydrogens (tertiary/aromatic N) is 2. The van der Waals surface area contributed by atoms with Crippen molar-refractivity contribution >= 4 is 0 Å². The highest BCUT2D eigenvalue weighted by Gasteiger charge is 2.52. The van der Waals surface area contributed by atoms with Gasteiger partial charge in [-0.1, -0.05) is 0 Å². The Morgan fingerprint density at radius 1 is 1.73 bits per heavy atom. The summed E-state index contributed by atoms with van der Waals surface area (Å²) in [5.74, 6) is 0.153. The molecule has 0 fully saturated rings. The minimum absolute atomic E-state index is 0.153. The molecule has 3 N–H and O–H groups in total. The predicted molar refractivity (Wildman–Crippen MR) is 52.1 cm³/mol. The second-order valence-electron chi connectivity index (χ2n) is 3.58. The molecule has 0 aliphatic carbocycles. The van der Waals surface area contributed by atoms with Crippen LogP contribution in [0.25, 0.3) is 0 Å². The van der Waals surface area contributed by atoms with Gasteiger partial charge in [0.2, 0.25) is 0 Å². The molecule has 0 aromatic heterocycles. The van der Waals surface area contributed by atoms with Gasteiger partial charge in [0.15, 0.2) is 17.6 Å². The molecule has 0 aromatic rings. The smallest absolute Gasteiger partial charge is 0.319 e. The van der Waals surface area contributed by atoms with Crippen LogP contribution in [0.15, 0.2) is 11.5 Å². The van der Waals surface area contributed by atoms with Crippen molar-refractivity contribution in [3.63, 3.8) is 0 Å². The van der Waals surface area contributed by atoms with Crippen LogP contribution in [-0.2, 0) is 0 Å². The van der Waals surface area contributed by atoms with Crippen molar-refractivity contribution in [1.82, 2.24) is 10.2 Å². The van der Waals surface area contributed by atoms with Crippen molar-refractivity contribution in [2.24, 2.45) is 0 Å². The van der Waals surface area contributed by atoms with Crippen molar-refractivity contribution in [1.29, 1.82) is 0 Å². The molecule has 1 aliphatic heterocycles. The number of nitrogens with one attached hydrogen (secondary N) is 1. The highest BCUT2D eigenvalue weighted by Crippen LogP contribution is 2.32. The third kappa shape index (κ3) is 1.64. The Hall–Kier alpha value is -1.34. The average molecular weight is 217 g/mol. The van der Waals surface area contributed by atoms with Gasteiger partial charge in [-0.2, -0.15) is 0 Å². The van der Waals surface area contributed by atoms with Crippen molar-refractivity contribution in [2.45, 2.75) is 25.7 Å². The standard InChI is InChI=1S/C8H15N3O4/c1-4-9-7-5(11(14)15)6(12)8(2,13)10(7)3/h6,9,12-13H,4H2,1-3H3. The third-order valence-electron chi connectivity index (χ3n) is 2.58. The second-order valence-corrected chi connectivity index (χ2v) is 3.58. The molecule has 15 heavy (non-hydrogen) atoms. The number of rotatable bonds is 3. The zero-order valence-electron chi connectivity index (χ0n) is 8.89. The van der Waals surface area contributed by atoms with Crippen LogP contribution in [0, 0.1) is 10.1 Å². The Bertz CT molecular complexity index is 313. The Balaban J connectivity index is 3.17. The highest BCUT2D eigenvalue weighted by atomic mass is 16.6. The molecule has 2 atom stereocenters. The van der Waals surface area contributed by atoms with Crippen LogP contribution < -0.4 is 5.32 Å². The molecule has 0 spiro atoms. The van der Waals surface area contributed by atoms with Crippen molar-refractivity contribution in [2.75, 3.05) is 13.6 Å². The predicted octanol–water partition coefficient (Wildman–Crippen LogP) is -0.943. The number of aliphatic hydroxyl groups excluding tert-OH is 1. The largest absolute Gasteiger partial charge is 0.378 e. The summed E-state index contributed by atoms with van der Waals surface area (Å²) in [7, 11) is 1.48. The molecule has 1 rings (SSSR count). The first-order valence-electron chi connectivity index (χ1n) is 4.60. The minimum atomic E-state index is -1.65. The van der Waals surface area contributed by atoms with Crippen molar-refractivity contribution < 1.29 is 15.1 Å². The van der Waals surface area contributed by atoms with Crippen LogP contribution in [0.1, 0.15) is 13.8 Å². The number of likely N-dealkylation sites (N-methyl/N-ethyl adjacent to an activating group) is 1. The zero-order chi connectivity index (χ0) is 11.8. The molecule has 1 aliphatic rings. The maximum absolute atomic E-state index is 10.7. The Morgan fingerprint density at radius 3 is 2.67 bits per heavy atom. The maximum Gasteiger partial charge on any atom is 0.319 e. The summed E-state index contributed by atoms with van der Waals surface area (Å²) >= 11 is 0.